The van der Waals surface area contributed by atoms with Crippen LogP contribution in [0, 0.1) is 0 Å². The van der Waals surface area contributed by atoms with E-state index in [1.54, 1.807) is 42.5 Å². The van der Waals surface area contributed by atoms with Crippen LogP contribution < -0.4 is 115 Å². The summed E-state index contributed by atoms with van der Waals surface area (Å²) in [5, 5.41) is 15.9. The van der Waals surface area contributed by atoms with Crippen molar-refractivity contribution in [2.24, 2.45) is 20.4 Å². The van der Waals surface area contributed by atoms with Gasteiger partial charge in [-0.05, 0) is 102 Å². The molecule has 0 atom stereocenters. The van der Waals surface area contributed by atoms with Crippen LogP contribution in [0.25, 0.3) is 17.2 Å². The molecule has 0 heterocycles. The molecule has 0 unspecified atom stereocenters. The fourth-order valence-corrected chi connectivity index (χ4v) is 7.33. The van der Waals surface area contributed by atoms with E-state index in [4.69, 9.17) is 15.2 Å². The molecule has 0 spiro atoms. The van der Waals surface area contributed by atoms with Crippen LogP contribution in [0.2, 0.25) is 0 Å². The summed E-state index contributed by atoms with van der Waals surface area (Å²) in [4.78, 5) is 22.2. The Hall–Kier alpha value is -3.89. The number of carbonyl (C=O) groups excluding carboxylic acids is 2. The van der Waals surface area contributed by atoms with Gasteiger partial charge in [-0.1, -0.05) is 12.1 Å². The number of nitrogens with two attached hydrogens (primary N) is 1. The Morgan fingerprint density at radius 3 is 1.82 bits per heavy atom. The molecular weight excluding hydrogens is 904 g/mol. The molecule has 2 aliphatic rings. The number of allylic oxidation sites excluding steroid dienone is 5. The van der Waals surface area contributed by atoms with Crippen molar-refractivity contribution < 1.29 is 147 Å². The minimum atomic E-state index is -5.50. The molecule has 0 saturated carbocycles. The fraction of sp³-hybridized carbons (Fsp3) is 0.0556. The molecule has 0 saturated heterocycles. The van der Waals surface area contributed by atoms with Gasteiger partial charge in [0.05, 0.1) is 57.3 Å². The topological polar surface area (TPSA) is 324 Å². The van der Waals surface area contributed by atoms with Gasteiger partial charge in [-0.3, -0.25) is 20.4 Å². The Morgan fingerprint density at radius 1 is 0.661 bits per heavy atom. The number of nitrogen functional groups attached to an aromatic ring is 1. The van der Waals surface area contributed by atoms with Crippen LogP contribution in [0.4, 0.5) is 28.4 Å². The molecule has 0 aromatic heterocycles. The number of fused-ring (bicyclic) bond motifs is 1. The number of carbonyl (C=O) groups is 2. The van der Waals surface area contributed by atoms with Crippen LogP contribution in [0.1, 0.15) is 15.9 Å². The van der Waals surface area contributed by atoms with Gasteiger partial charge in [-0.15, -0.1) is 10.2 Å². The molecule has 6 rings (SSSR count). The first-order valence-corrected chi connectivity index (χ1v) is 20.6. The number of ketones is 2. The van der Waals surface area contributed by atoms with Crippen molar-refractivity contribution in [2.45, 2.75) is 9.79 Å². The average molecular weight is 930 g/mol. The summed E-state index contributed by atoms with van der Waals surface area (Å²) in [7, 11) is -13.0. The van der Waals surface area contributed by atoms with Crippen molar-refractivity contribution in [1.82, 2.24) is 0 Å². The van der Waals surface area contributed by atoms with E-state index < -0.39 is 79.0 Å². The number of hydrogen-bond acceptors (Lipinski definition) is 20. The third-order valence-corrected chi connectivity index (χ3v) is 10.9. The fourth-order valence-electron chi connectivity index (χ4n) is 5.55. The zero-order chi connectivity index (χ0) is 42.9. The van der Waals surface area contributed by atoms with E-state index in [1.165, 1.54) is 32.4 Å². The van der Waals surface area contributed by atoms with Crippen LogP contribution in [-0.4, -0.2) is 76.1 Å². The van der Waals surface area contributed by atoms with Crippen LogP contribution >= 0.6 is 0 Å². The quantitative estimate of drug-likeness (QED) is 0.0300. The van der Waals surface area contributed by atoms with Crippen LogP contribution in [0.5, 0.6) is 11.5 Å². The number of azo groups is 1. The second-order valence-electron chi connectivity index (χ2n) is 12.1. The SMILES string of the molecule is COc1cc(-c2ccc(NN=C3C=CC(=O)C=C3)c(OC)c2)ccc1N=Nc1c(S(=O)(=O)[O-])cc2c(c1N)C(=O)/C(=N/Nc1ccc(S(=O)(=O)[O-])cc1)C(S(=O)(=O)[O-])=C2.[Na+].[Na+].[Na+]. The molecule has 20 nitrogen and oxygen atoms in total. The molecule has 0 amide bonds. The summed E-state index contributed by atoms with van der Waals surface area (Å²) in [6, 6.07) is 14.3. The van der Waals surface area contributed by atoms with E-state index >= 15 is 0 Å². The number of ether oxygens (including phenoxy) is 2. The molecular formula is C36H26N7Na3O13S3. The first-order valence-electron chi connectivity index (χ1n) is 16.3. The summed E-state index contributed by atoms with van der Waals surface area (Å²) >= 11 is 0. The molecule has 62 heavy (non-hydrogen) atoms. The van der Waals surface area contributed by atoms with E-state index in [9.17, 15) is 48.5 Å². The smallest absolute Gasteiger partial charge is 0.744 e. The normalized spacial score (nSPS) is 14.2. The predicted octanol–water partition coefficient (Wildman–Crippen LogP) is -4.80. The molecule has 26 heteroatoms. The van der Waals surface area contributed by atoms with Gasteiger partial charge in [0.1, 0.15) is 58.9 Å². The summed E-state index contributed by atoms with van der Waals surface area (Å²) in [5.74, 6) is -0.953. The molecule has 4 aromatic carbocycles. The van der Waals surface area contributed by atoms with Gasteiger partial charge in [0.25, 0.3) is 0 Å². The van der Waals surface area contributed by atoms with Crippen molar-refractivity contribution >= 4 is 87.9 Å². The maximum atomic E-state index is 13.8. The first kappa shape index (κ1) is 52.5. The van der Waals surface area contributed by atoms with E-state index in [0.717, 1.165) is 24.3 Å². The van der Waals surface area contributed by atoms with Crippen molar-refractivity contribution in [2.75, 3.05) is 30.8 Å². The summed E-state index contributed by atoms with van der Waals surface area (Å²) in [6.45, 7) is 0. The summed E-state index contributed by atoms with van der Waals surface area (Å²) < 4.78 is 119. The van der Waals surface area contributed by atoms with E-state index in [-0.39, 0.29) is 112 Å². The number of Topliss-reactive ketones (excluding diaryl/α,β-unsaturated/α-hetero) is 1. The largest absolute Gasteiger partial charge is 1.00 e. The minimum absolute atomic E-state index is 0. The molecule has 304 valence electrons. The zero-order valence-corrected chi connectivity index (χ0v) is 41.6. The maximum Gasteiger partial charge on any atom is 1.00 e. The Kier molecular flexibility index (Phi) is 17.9. The molecule has 4 aromatic rings. The van der Waals surface area contributed by atoms with E-state index in [1.807, 2.05) is 0 Å². The Balaban J connectivity index is 0.00000341. The van der Waals surface area contributed by atoms with Gasteiger partial charge < -0.3 is 28.9 Å². The molecule has 0 aliphatic heterocycles. The molecule has 4 N–H and O–H groups in total. The third-order valence-electron chi connectivity index (χ3n) is 8.39. The number of anilines is 3. The molecule has 0 fully saturated rings. The predicted molar refractivity (Wildman–Crippen MR) is 210 cm³/mol. The van der Waals surface area contributed by atoms with E-state index in [0.29, 0.717) is 40.4 Å². The summed E-state index contributed by atoms with van der Waals surface area (Å²) in [5.41, 5.74) is 9.94. The number of nitrogens with zero attached hydrogens (tertiary/aromatic N) is 4. The minimum Gasteiger partial charge on any atom is -0.744 e. The van der Waals surface area contributed by atoms with Gasteiger partial charge in [-0.2, -0.15) is 10.2 Å². The van der Waals surface area contributed by atoms with Crippen molar-refractivity contribution in [3.05, 3.63) is 107 Å². The zero-order valence-electron chi connectivity index (χ0n) is 33.1. The van der Waals surface area contributed by atoms with Gasteiger partial charge in [0, 0.05) is 0 Å². The number of methoxy groups -OCH3 is 2. The molecule has 0 bridgehead atoms. The Labute approximate surface area is 420 Å². The standard InChI is InChI=1S/C36H29N7O13S3.3Na/c1-55-28-15-19(3-13-26(28)40-38-22-5-9-24(44)10-6-22)20-4-14-27(29(16-20)56-2)41-42-34-30(58(49,50)51)17-21-18-31(59(52,53)54)35(36(45)32(21)33(34)37)43-39-23-7-11-25(12-8-23)57(46,47)48;;;/h3-18,39-40H,37H2,1-2H3,(H,46,47,48)(H,49,50,51)(H,52,53,54);;;/q;3*+1/p-3/b42-41?,43-35+;;;. The number of nitrogens with one attached hydrogen (secondary N) is 2. The Morgan fingerprint density at radius 2 is 1.26 bits per heavy atom. The number of benzene rings is 4. The van der Waals surface area contributed by atoms with E-state index in [2.05, 4.69) is 31.3 Å². The van der Waals surface area contributed by atoms with Crippen LogP contribution in [0.3, 0.4) is 0 Å². The van der Waals surface area contributed by atoms with Gasteiger partial charge >= 0.3 is 88.7 Å². The monoisotopic (exact) mass is 929 g/mol. The summed E-state index contributed by atoms with van der Waals surface area (Å²) in [6.07, 6.45) is 6.44. The Bertz CT molecular complexity index is 2980. The van der Waals surface area contributed by atoms with Gasteiger partial charge in [0.15, 0.2) is 5.78 Å². The second-order valence-corrected chi connectivity index (χ2v) is 16.2. The first-order chi connectivity index (χ1) is 27.8. The third kappa shape index (κ3) is 12.0. The van der Waals surface area contributed by atoms with Crippen LogP contribution in [-0.2, 0) is 35.1 Å². The molecule has 2 aliphatic carbocycles. The number of hydrogen-bond donors (Lipinski definition) is 3. The van der Waals surface area contributed by atoms with Crippen molar-refractivity contribution in [3.8, 4) is 22.6 Å². The number of hydrazone groups is 2. The van der Waals surface area contributed by atoms with Crippen molar-refractivity contribution in [1.29, 1.82) is 0 Å². The van der Waals surface area contributed by atoms with Crippen molar-refractivity contribution in [3.63, 3.8) is 0 Å². The van der Waals surface area contributed by atoms with Gasteiger partial charge in [-0.25, -0.2) is 25.3 Å². The molecule has 0 radical (unpaired) electrons. The average Bonchev–Trinajstić information content (AvgIpc) is 3.18. The number of rotatable bonds is 12. The maximum absolute atomic E-state index is 13.8. The van der Waals surface area contributed by atoms with Gasteiger partial charge in [0.2, 0.25) is 5.78 Å². The van der Waals surface area contributed by atoms with Crippen LogP contribution in [0.15, 0.2) is 126 Å². The second kappa shape index (κ2) is 21.2.